The van der Waals surface area contributed by atoms with Gasteiger partial charge in [0.05, 0.1) is 26.0 Å². The second-order valence-electron chi connectivity index (χ2n) is 9.39. The Kier molecular flexibility index (Phi) is 8.18. The zero-order valence-corrected chi connectivity index (χ0v) is 21.5. The summed E-state index contributed by atoms with van der Waals surface area (Å²) in [6.07, 6.45) is 3.58. The van der Waals surface area contributed by atoms with E-state index in [-0.39, 0.29) is 0 Å². The van der Waals surface area contributed by atoms with E-state index in [0.29, 0.717) is 0 Å². The number of benzene rings is 2. The van der Waals surface area contributed by atoms with Gasteiger partial charge in [-0.25, -0.2) is 4.98 Å². The minimum Gasteiger partial charge on any atom is -0.497 e. The first kappa shape index (κ1) is 24.1. The molecule has 0 saturated carbocycles. The summed E-state index contributed by atoms with van der Waals surface area (Å²) in [6.45, 7) is 8.73. The molecule has 7 heteroatoms. The lowest BCUT2D eigenvalue weighted by atomic mass is 10.1. The van der Waals surface area contributed by atoms with Gasteiger partial charge in [-0.05, 0) is 48.2 Å². The van der Waals surface area contributed by atoms with E-state index in [1.807, 2.05) is 6.07 Å². The van der Waals surface area contributed by atoms with Crippen molar-refractivity contribution in [3.05, 3.63) is 70.7 Å². The average Bonchev–Trinajstić information content (AvgIpc) is 3.61. The van der Waals surface area contributed by atoms with E-state index in [4.69, 9.17) is 14.5 Å². The molecule has 3 heterocycles. The first-order chi connectivity index (χ1) is 17.3. The summed E-state index contributed by atoms with van der Waals surface area (Å²) in [4.78, 5) is 12.4. The number of hydrogen-bond acceptors (Lipinski definition) is 7. The lowest BCUT2D eigenvalue weighted by molar-refractivity contribution is 0.0383. The smallest absolute Gasteiger partial charge is 0.186 e. The molecule has 186 valence electrons. The van der Waals surface area contributed by atoms with Crippen molar-refractivity contribution in [3.63, 3.8) is 0 Å². The molecule has 0 aliphatic carbocycles. The molecule has 0 radical (unpaired) electrons. The van der Waals surface area contributed by atoms with Gasteiger partial charge in [-0.1, -0.05) is 24.3 Å². The topological polar surface area (TPSA) is 41.1 Å². The highest BCUT2D eigenvalue weighted by atomic mass is 32.1. The van der Waals surface area contributed by atoms with E-state index in [0.717, 1.165) is 63.2 Å². The maximum atomic E-state index is 5.48. The molecule has 0 spiro atoms. The summed E-state index contributed by atoms with van der Waals surface area (Å²) in [5.41, 5.74) is 5.05. The largest absolute Gasteiger partial charge is 0.497 e. The maximum Gasteiger partial charge on any atom is 0.186 e. The minimum atomic E-state index is 0.793. The molecule has 2 aromatic carbocycles. The number of thiazole rings is 1. The van der Waals surface area contributed by atoms with Crippen LogP contribution >= 0.6 is 11.3 Å². The lowest BCUT2D eigenvalue weighted by Crippen LogP contribution is -2.37. The molecular weight excluding hydrogens is 456 g/mol. The molecule has 2 saturated heterocycles. The summed E-state index contributed by atoms with van der Waals surface area (Å²) < 4.78 is 10.9. The van der Waals surface area contributed by atoms with Crippen LogP contribution in [0.3, 0.4) is 0 Å². The van der Waals surface area contributed by atoms with Crippen molar-refractivity contribution in [2.45, 2.75) is 32.4 Å². The Bertz CT molecular complexity index is 1060. The van der Waals surface area contributed by atoms with E-state index in [9.17, 15) is 0 Å². The molecule has 0 N–H and O–H groups in total. The molecule has 2 aliphatic rings. The molecule has 5 rings (SSSR count). The summed E-state index contributed by atoms with van der Waals surface area (Å²) >= 11 is 1.75. The predicted molar refractivity (Wildman–Crippen MR) is 144 cm³/mol. The zero-order valence-electron chi connectivity index (χ0n) is 20.7. The van der Waals surface area contributed by atoms with Crippen LogP contribution in [0.25, 0.3) is 0 Å². The number of hydrogen-bond donors (Lipinski definition) is 0. The molecule has 0 amide bonds. The number of rotatable bonds is 10. The van der Waals surface area contributed by atoms with Crippen molar-refractivity contribution < 1.29 is 9.47 Å². The molecule has 35 heavy (non-hydrogen) atoms. The normalized spacial score (nSPS) is 16.5. The van der Waals surface area contributed by atoms with Crippen LogP contribution in [0, 0.1) is 0 Å². The summed E-state index contributed by atoms with van der Waals surface area (Å²) in [5.74, 6) is 0.891. The van der Waals surface area contributed by atoms with Crippen molar-refractivity contribution in [2.24, 2.45) is 0 Å². The number of ether oxygens (including phenoxy) is 2. The molecule has 2 fully saturated rings. The van der Waals surface area contributed by atoms with E-state index in [1.54, 1.807) is 18.4 Å². The van der Waals surface area contributed by atoms with Crippen LogP contribution < -0.4 is 14.5 Å². The standard InChI is InChI=1S/C28H36N4O2S/c1-33-27-6-4-5-24(19-27)21-32(20-23-7-9-26(10-8-23)31-12-2-3-13-31)28-29-25(22-35-28)11-14-30-15-17-34-18-16-30/h4-10,19,22H,2-3,11-18,20-21H2,1H3. The Morgan fingerprint density at radius 2 is 1.74 bits per heavy atom. The van der Waals surface area contributed by atoms with Gasteiger partial charge in [-0.3, -0.25) is 4.90 Å². The Hall–Kier alpha value is -2.61. The zero-order chi connectivity index (χ0) is 23.9. The van der Waals surface area contributed by atoms with Crippen LogP contribution in [-0.2, 0) is 24.2 Å². The molecule has 3 aromatic rings. The average molecular weight is 493 g/mol. The molecule has 0 unspecified atom stereocenters. The van der Waals surface area contributed by atoms with Gasteiger partial charge >= 0.3 is 0 Å². The van der Waals surface area contributed by atoms with E-state index in [2.05, 4.69) is 62.5 Å². The second kappa shape index (κ2) is 11.9. The maximum absolute atomic E-state index is 5.48. The quantitative estimate of drug-likeness (QED) is 0.404. The Morgan fingerprint density at radius 3 is 2.51 bits per heavy atom. The highest BCUT2D eigenvalue weighted by Gasteiger charge is 2.16. The highest BCUT2D eigenvalue weighted by molar-refractivity contribution is 7.13. The SMILES string of the molecule is COc1cccc(CN(Cc2ccc(N3CCCC3)cc2)c2nc(CCN3CCOCC3)cs2)c1. The van der Waals surface area contributed by atoms with E-state index in [1.165, 1.54) is 48.4 Å². The van der Waals surface area contributed by atoms with Gasteiger partial charge in [-0.2, -0.15) is 0 Å². The third kappa shape index (κ3) is 6.54. The number of methoxy groups -OCH3 is 1. The Morgan fingerprint density at radius 1 is 0.971 bits per heavy atom. The van der Waals surface area contributed by atoms with Gasteiger partial charge in [0.2, 0.25) is 0 Å². The molecule has 2 aliphatic heterocycles. The van der Waals surface area contributed by atoms with Gasteiger partial charge in [0.25, 0.3) is 0 Å². The number of anilines is 2. The number of morpholine rings is 1. The van der Waals surface area contributed by atoms with Crippen molar-refractivity contribution in [1.82, 2.24) is 9.88 Å². The monoisotopic (exact) mass is 492 g/mol. The van der Waals surface area contributed by atoms with Crippen LogP contribution in [0.5, 0.6) is 5.75 Å². The van der Waals surface area contributed by atoms with Gasteiger partial charge in [0, 0.05) is 63.3 Å². The molecule has 0 atom stereocenters. The van der Waals surface area contributed by atoms with Crippen molar-refractivity contribution >= 4 is 22.2 Å². The van der Waals surface area contributed by atoms with Crippen molar-refractivity contribution in [2.75, 3.05) is 62.8 Å². The van der Waals surface area contributed by atoms with Gasteiger partial charge in [0.15, 0.2) is 5.13 Å². The van der Waals surface area contributed by atoms with Gasteiger partial charge in [0.1, 0.15) is 5.75 Å². The first-order valence-corrected chi connectivity index (χ1v) is 13.6. The van der Waals surface area contributed by atoms with Gasteiger partial charge < -0.3 is 19.3 Å². The molecule has 1 aromatic heterocycles. The van der Waals surface area contributed by atoms with Crippen LogP contribution in [0.2, 0.25) is 0 Å². The Balaban J connectivity index is 1.30. The second-order valence-corrected chi connectivity index (χ2v) is 10.2. The third-order valence-electron chi connectivity index (χ3n) is 6.89. The third-order valence-corrected chi connectivity index (χ3v) is 7.84. The van der Waals surface area contributed by atoms with Crippen LogP contribution in [0.4, 0.5) is 10.8 Å². The fourth-order valence-electron chi connectivity index (χ4n) is 4.84. The Labute approximate surface area is 213 Å². The fourth-order valence-corrected chi connectivity index (χ4v) is 5.70. The van der Waals surface area contributed by atoms with Crippen LogP contribution in [-0.4, -0.2) is 62.9 Å². The van der Waals surface area contributed by atoms with E-state index < -0.39 is 0 Å². The molecule has 6 nitrogen and oxygen atoms in total. The summed E-state index contributed by atoms with van der Waals surface area (Å²) in [7, 11) is 1.72. The van der Waals surface area contributed by atoms with Crippen LogP contribution in [0.1, 0.15) is 29.7 Å². The minimum absolute atomic E-state index is 0.793. The summed E-state index contributed by atoms with van der Waals surface area (Å²) in [6, 6.07) is 17.5. The number of aromatic nitrogens is 1. The molecular formula is C28H36N4O2S. The lowest BCUT2D eigenvalue weighted by Gasteiger charge is -2.26. The van der Waals surface area contributed by atoms with Crippen molar-refractivity contribution in [3.8, 4) is 5.75 Å². The van der Waals surface area contributed by atoms with Crippen LogP contribution in [0.15, 0.2) is 53.9 Å². The summed E-state index contributed by atoms with van der Waals surface area (Å²) in [5, 5.41) is 3.30. The molecule has 0 bridgehead atoms. The van der Waals surface area contributed by atoms with Crippen molar-refractivity contribution in [1.29, 1.82) is 0 Å². The predicted octanol–water partition coefficient (Wildman–Crippen LogP) is 4.83. The number of nitrogens with zero attached hydrogens (tertiary/aromatic N) is 4. The highest BCUT2D eigenvalue weighted by Crippen LogP contribution is 2.27. The van der Waals surface area contributed by atoms with Gasteiger partial charge in [-0.15, -0.1) is 11.3 Å². The first-order valence-electron chi connectivity index (χ1n) is 12.7. The fraction of sp³-hybridized carbons (Fsp3) is 0.464. The van der Waals surface area contributed by atoms with E-state index >= 15 is 0 Å².